The van der Waals surface area contributed by atoms with E-state index in [-0.39, 0.29) is 4.90 Å². The van der Waals surface area contributed by atoms with E-state index in [2.05, 4.69) is 6.07 Å². The summed E-state index contributed by atoms with van der Waals surface area (Å²) in [7, 11) is -3.61. The van der Waals surface area contributed by atoms with Crippen molar-refractivity contribution in [2.75, 3.05) is 13.1 Å². The Morgan fingerprint density at radius 2 is 1.95 bits per heavy atom. The van der Waals surface area contributed by atoms with Gasteiger partial charge in [0.25, 0.3) is 0 Å². The number of hydrogen-bond acceptors (Lipinski definition) is 3. The Morgan fingerprint density at radius 3 is 2.45 bits per heavy atom. The average Bonchev–Trinajstić information content (AvgIpc) is 2.39. The minimum atomic E-state index is -3.61. The molecule has 1 aliphatic heterocycles. The molecule has 0 N–H and O–H groups in total. The molecule has 0 bridgehead atoms. The maximum atomic E-state index is 13.1. The highest BCUT2D eigenvalue weighted by Crippen LogP contribution is 2.33. The lowest BCUT2D eigenvalue weighted by Crippen LogP contribution is -2.41. The smallest absolute Gasteiger partial charge is 0.207 e. The van der Waals surface area contributed by atoms with Crippen LogP contribution in [0.1, 0.15) is 25.3 Å². The lowest BCUT2D eigenvalue weighted by Gasteiger charge is -2.34. The van der Waals surface area contributed by atoms with Crippen molar-refractivity contribution in [2.24, 2.45) is 5.41 Å². The van der Waals surface area contributed by atoms with Gasteiger partial charge >= 0.3 is 0 Å². The van der Waals surface area contributed by atoms with Gasteiger partial charge in [-0.1, -0.05) is 0 Å². The van der Waals surface area contributed by atoms with Crippen LogP contribution in [0, 0.1) is 29.5 Å². The third-order valence-electron chi connectivity index (χ3n) is 3.85. The fourth-order valence-electron chi connectivity index (χ4n) is 2.37. The number of benzene rings is 1. The van der Waals surface area contributed by atoms with Gasteiger partial charge in [-0.05, 0) is 50.5 Å². The van der Waals surface area contributed by atoms with Gasteiger partial charge in [0.15, 0.2) is 0 Å². The van der Waals surface area contributed by atoms with E-state index in [1.165, 1.54) is 16.4 Å². The number of rotatable bonds is 2. The predicted octanol–water partition coefficient (Wildman–Crippen LogP) is 2.45. The summed E-state index contributed by atoms with van der Waals surface area (Å²) < 4.78 is 39.5. The van der Waals surface area contributed by atoms with Crippen LogP contribution in [0.4, 0.5) is 4.39 Å². The molecular formula is C14H17FN2O2S. The zero-order chi connectivity index (χ0) is 15.0. The van der Waals surface area contributed by atoms with Crippen LogP contribution in [-0.4, -0.2) is 25.8 Å². The van der Waals surface area contributed by atoms with Gasteiger partial charge in [0.05, 0.1) is 16.4 Å². The normalized spacial score (nSPS) is 19.5. The quantitative estimate of drug-likeness (QED) is 0.842. The molecule has 108 valence electrons. The lowest BCUT2D eigenvalue weighted by atomic mass is 9.83. The van der Waals surface area contributed by atoms with Crippen LogP contribution in [-0.2, 0) is 10.0 Å². The lowest BCUT2D eigenvalue weighted by molar-refractivity contribution is 0.232. The zero-order valence-corrected chi connectivity index (χ0v) is 12.4. The zero-order valence-electron chi connectivity index (χ0n) is 11.6. The summed E-state index contributed by atoms with van der Waals surface area (Å²) in [6.07, 6.45) is 1.03. The number of hydrogen-bond donors (Lipinski definition) is 0. The molecule has 2 rings (SSSR count). The van der Waals surface area contributed by atoms with E-state index in [1.807, 2.05) is 6.92 Å². The molecule has 1 fully saturated rings. The van der Waals surface area contributed by atoms with E-state index in [0.717, 1.165) is 6.07 Å². The van der Waals surface area contributed by atoms with Crippen LogP contribution >= 0.6 is 0 Å². The van der Waals surface area contributed by atoms with E-state index < -0.39 is 21.3 Å². The molecule has 0 aliphatic carbocycles. The van der Waals surface area contributed by atoms with Crippen LogP contribution in [0.3, 0.4) is 0 Å². The molecule has 4 nitrogen and oxygen atoms in total. The molecule has 0 aromatic heterocycles. The molecule has 20 heavy (non-hydrogen) atoms. The molecule has 1 aromatic carbocycles. The van der Waals surface area contributed by atoms with Crippen molar-refractivity contribution in [3.8, 4) is 6.07 Å². The molecular weight excluding hydrogens is 279 g/mol. The molecule has 0 spiro atoms. The summed E-state index contributed by atoms with van der Waals surface area (Å²) in [5.41, 5.74) is -0.0530. The summed E-state index contributed by atoms with van der Waals surface area (Å²) in [6, 6.07) is 5.92. The van der Waals surface area contributed by atoms with Gasteiger partial charge in [0, 0.05) is 13.1 Å². The molecule has 1 heterocycles. The maximum Gasteiger partial charge on any atom is 0.243 e. The number of sulfonamides is 1. The first-order valence-corrected chi connectivity index (χ1v) is 7.90. The van der Waals surface area contributed by atoms with E-state index in [4.69, 9.17) is 5.26 Å². The number of nitrogens with zero attached hydrogens (tertiary/aromatic N) is 2. The largest absolute Gasteiger partial charge is 0.243 e. The molecule has 6 heteroatoms. The van der Waals surface area contributed by atoms with Crippen molar-refractivity contribution in [1.82, 2.24) is 4.31 Å². The Hall–Kier alpha value is -1.45. The summed E-state index contributed by atoms with van der Waals surface area (Å²) in [5.74, 6) is -0.447. The second kappa shape index (κ2) is 5.15. The Balaban J connectivity index is 2.27. The minimum Gasteiger partial charge on any atom is -0.207 e. The first kappa shape index (κ1) is 14.9. The Kier molecular flexibility index (Phi) is 3.85. The van der Waals surface area contributed by atoms with Crippen molar-refractivity contribution in [2.45, 2.75) is 31.6 Å². The van der Waals surface area contributed by atoms with Crippen molar-refractivity contribution in [3.63, 3.8) is 0 Å². The van der Waals surface area contributed by atoms with Gasteiger partial charge in [-0.3, -0.25) is 0 Å². The molecule has 0 atom stereocenters. The predicted molar refractivity (Wildman–Crippen MR) is 72.8 cm³/mol. The van der Waals surface area contributed by atoms with Gasteiger partial charge in [-0.2, -0.15) is 9.57 Å². The number of halogens is 1. The van der Waals surface area contributed by atoms with Crippen molar-refractivity contribution >= 4 is 10.0 Å². The molecule has 0 unspecified atom stereocenters. The van der Waals surface area contributed by atoms with Crippen LogP contribution in [0.2, 0.25) is 0 Å². The second-order valence-corrected chi connectivity index (χ2v) is 7.39. The van der Waals surface area contributed by atoms with Crippen molar-refractivity contribution in [1.29, 1.82) is 5.26 Å². The fourth-order valence-corrected chi connectivity index (χ4v) is 4.02. The van der Waals surface area contributed by atoms with Crippen LogP contribution in [0.5, 0.6) is 0 Å². The van der Waals surface area contributed by atoms with Crippen molar-refractivity contribution in [3.05, 3.63) is 29.6 Å². The number of nitriles is 1. The highest BCUT2D eigenvalue weighted by Gasteiger charge is 2.35. The van der Waals surface area contributed by atoms with E-state index in [1.54, 1.807) is 6.92 Å². The summed E-state index contributed by atoms with van der Waals surface area (Å²) >= 11 is 0. The average molecular weight is 296 g/mol. The fraction of sp³-hybridized carbons (Fsp3) is 0.500. The molecule has 1 saturated heterocycles. The monoisotopic (exact) mass is 296 g/mol. The van der Waals surface area contributed by atoms with Gasteiger partial charge in [0.1, 0.15) is 5.82 Å². The van der Waals surface area contributed by atoms with E-state index in [9.17, 15) is 12.8 Å². The van der Waals surface area contributed by atoms with E-state index >= 15 is 0 Å². The standard InChI is InChI=1S/C14H17FN2O2S/c1-11-9-12(15)3-4-13(11)20(18,19)17-7-5-14(2,10-16)6-8-17/h3-4,9H,5-8H2,1-2H3. The highest BCUT2D eigenvalue weighted by molar-refractivity contribution is 7.89. The van der Waals surface area contributed by atoms with Crippen LogP contribution < -0.4 is 0 Å². The molecule has 0 radical (unpaired) electrons. The third-order valence-corrected chi connectivity index (χ3v) is 5.91. The number of aryl methyl sites for hydroxylation is 1. The Morgan fingerprint density at radius 1 is 1.35 bits per heavy atom. The highest BCUT2D eigenvalue weighted by atomic mass is 32.2. The van der Waals surface area contributed by atoms with Crippen LogP contribution in [0.25, 0.3) is 0 Å². The van der Waals surface area contributed by atoms with Crippen LogP contribution in [0.15, 0.2) is 23.1 Å². The SMILES string of the molecule is Cc1cc(F)ccc1S(=O)(=O)N1CCC(C)(C#N)CC1. The van der Waals surface area contributed by atoms with Gasteiger partial charge in [0.2, 0.25) is 10.0 Å². The summed E-state index contributed by atoms with van der Waals surface area (Å²) in [4.78, 5) is 0.138. The van der Waals surface area contributed by atoms with E-state index in [0.29, 0.717) is 31.5 Å². The first-order chi connectivity index (χ1) is 9.28. The molecule has 0 saturated carbocycles. The first-order valence-electron chi connectivity index (χ1n) is 6.46. The molecule has 1 aliphatic rings. The minimum absolute atomic E-state index is 0.138. The van der Waals surface area contributed by atoms with Gasteiger partial charge < -0.3 is 0 Å². The van der Waals surface area contributed by atoms with Gasteiger partial charge in [-0.25, -0.2) is 12.8 Å². The Labute approximate surface area is 118 Å². The van der Waals surface area contributed by atoms with Crippen molar-refractivity contribution < 1.29 is 12.8 Å². The Bertz CT molecular complexity index is 656. The third kappa shape index (κ3) is 2.69. The summed E-state index contributed by atoms with van der Waals surface area (Å²) in [6.45, 7) is 4.08. The molecule has 1 aromatic rings. The molecule has 0 amide bonds. The van der Waals surface area contributed by atoms with Gasteiger partial charge in [-0.15, -0.1) is 0 Å². The number of piperidine rings is 1. The maximum absolute atomic E-state index is 13.1. The summed E-state index contributed by atoms with van der Waals surface area (Å²) in [5, 5.41) is 9.07. The second-order valence-electron chi connectivity index (χ2n) is 5.49. The topological polar surface area (TPSA) is 61.2 Å².